The molecule has 3 aliphatic rings. The molecule has 33 heavy (non-hydrogen) atoms. The Morgan fingerprint density at radius 3 is 2.55 bits per heavy atom. The lowest BCUT2D eigenvalue weighted by molar-refractivity contribution is -0.187. The predicted molar refractivity (Wildman–Crippen MR) is 108 cm³/mol. The Bertz CT molecular complexity index is 1330. The summed E-state index contributed by atoms with van der Waals surface area (Å²) in [6, 6.07) is 8.69. The minimum atomic E-state index is -4.51. The van der Waals surface area contributed by atoms with Gasteiger partial charge < -0.3 is 9.32 Å². The molecule has 11 heteroatoms. The number of aromatic nitrogens is 3. The van der Waals surface area contributed by atoms with Gasteiger partial charge in [0.15, 0.2) is 0 Å². The van der Waals surface area contributed by atoms with E-state index in [1.54, 1.807) is 41.1 Å². The molecule has 0 N–H and O–H groups in total. The highest BCUT2D eigenvalue weighted by Gasteiger charge is 2.86. The lowest BCUT2D eigenvalue weighted by atomic mass is 9.95. The van der Waals surface area contributed by atoms with Crippen LogP contribution in [0.1, 0.15) is 23.8 Å². The number of benzene rings is 1. The average molecular weight is 458 g/mol. The zero-order valence-corrected chi connectivity index (χ0v) is 17.5. The molecule has 2 aromatic heterocycles. The number of halogens is 4. The number of piperidine rings is 1. The Hall–Kier alpha value is -3.26. The number of anilines is 1. The van der Waals surface area contributed by atoms with E-state index >= 15 is 0 Å². The molecule has 170 valence electrons. The molecule has 0 spiro atoms. The maximum Gasteiger partial charge on any atom is 0.397 e. The highest BCUT2D eigenvalue weighted by Crippen LogP contribution is 2.75. The third-order valence-corrected chi connectivity index (χ3v) is 7.33. The van der Waals surface area contributed by atoms with Crippen molar-refractivity contribution in [3.05, 3.63) is 47.8 Å². The number of pyridine rings is 1. The van der Waals surface area contributed by atoms with Crippen LogP contribution in [-0.2, 0) is 11.1 Å². The molecular formula is C22H18F4N6O. The van der Waals surface area contributed by atoms with Crippen LogP contribution >= 0.6 is 0 Å². The highest BCUT2D eigenvalue weighted by molar-refractivity contribution is 5.95. The van der Waals surface area contributed by atoms with Gasteiger partial charge in [0.25, 0.3) is 5.89 Å². The van der Waals surface area contributed by atoms with Crippen molar-refractivity contribution in [2.24, 2.45) is 5.41 Å². The fourth-order valence-electron chi connectivity index (χ4n) is 5.64. The van der Waals surface area contributed by atoms with Crippen LogP contribution in [0.2, 0.25) is 0 Å². The minimum absolute atomic E-state index is 0.0107. The molecule has 4 heterocycles. The van der Waals surface area contributed by atoms with Gasteiger partial charge in [0, 0.05) is 43.4 Å². The molecule has 3 aromatic rings. The minimum Gasteiger partial charge on any atom is -0.421 e. The number of alkyl halides is 4. The van der Waals surface area contributed by atoms with Crippen LogP contribution in [0.15, 0.2) is 34.9 Å². The highest BCUT2D eigenvalue weighted by atomic mass is 19.4. The quantitative estimate of drug-likeness (QED) is 0.557. The Balaban J connectivity index is 1.41. The summed E-state index contributed by atoms with van der Waals surface area (Å²) in [5, 5.41) is 17.7. The van der Waals surface area contributed by atoms with Crippen molar-refractivity contribution in [2.75, 3.05) is 38.1 Å². The third-order valence-electron chi connectivity index (χ3n) is 7.33. The van der Waals surface area contributed by atoms with Gasteiger partial charge in [-0.05, 0) is 37.7 Å². The first-order chi connectivity index (χ1) is 15.6. The molecule has 0 radical (unpaired) electrons. The topological polar surface area (TPSA) is 82.1 Å². The molecule has 7 nitrogen and oxygen atoms in total. The van der Waals surface area contributed by atoms with Gasteiger partial charge in [0.2, 0.25) is 11.6 Å². The summed E-state index contributed by atoms with van der Waals surface area (Å²) in [7, 11) is 1.73. The van der Waals surface area contributed by atoms with E-state index in [0.29, 0.717) is 22.2 Å². The third kappa shape index (κ3) is 2.55. The van der Waals surface area contributed by atoms with Gasteiger partial charge in [-0.25, -0.2) is 4.39 Å². The Morgan fingerprint density at radius 1 is 1.09 bits per heavy atom. The van der Waals surface area contributed by atoms with Crippen LogP contribution < -0.4 is 4.90 Å². The average Bonchev–Trinajstić information content (AvgIpc) is 3.09. The molecule has 2 atom stereocenters. The maximum atomic E-state index is 14.9. The Kier molecular flexibility index (Phi) is 3.82. The normalized spacial score (nSPS) is 28.4. The van der Waals surface area contributed by atoms with Crippen LogP contribution in [0.4, 0.5) is 23.2 Å². The van der Waals surface area contributed by atoms with Crippen molar-refractivity contribution in [1.29, 1.82) is 5.26 Å². The molecule has 6 rings (SSSR count). The molecule has 2 saturated heterocycles. The van der Waals surface area contributed by atoms with E-state index < -0.39 is 22.7 Å². The van der Waals surface area contributed by atoms with Gasteiger partial charge in [-0.3, -0.25) is 9.88 Å². The number of nitriles is 1. The van der Waals surface area contributed by atoms with Crippen LogP contribution in [0, 0.1) is 16.7 Å². The molecule has 3 fully saturated rings. The molecule has 2 aliphatic heterocycles. The van der Waals surface area contributed by atoms with Gasteiger partial charge in [-0.1, -0.05) is 0 Å². The van der Waals surface area contributed by atoms with E-state index in [1.165, 1.54) is 6.20 Å². The van der Waals surface area contributed by atoms with Crippen LogP contribution in [0.3, 0.4) is 0 Å². The van der Waals surface area contributed by atoms with Crippen molar-refractivity contribution in [3.8, 4) is 6.07 Å². The van der Waals surface area contributed by atoms with Gasteiger partial charge in [0.05, 0.1) is 16.5 Å². The molecule has 1 aromatic carbocycles. The summed E-state index contributed by atoms with van der Waals surface area (Å²) >= 11 is 0. The van der Waals surface area contributed by atoms with Gasteiger partial charge >= 0.3 is 6.18 Å². The van der Waals surface area contributed by atoms with E-state index in [2.05, 4.69) is 21.3 Å². The smallest absolute Gasteiger partial charge is 0.397 e. The number of hydrogen-bond donors (Lipinski definition) is 0. The zero-order valence-electron chi connectivity index (χ0n) is 17.5. The summed E-state index contributed by atoms with van der Waals surface area (Å²) in [5.41, 5.74) is -4.01. The number of rotatable bonds is 3. The Labute approximate surface area is 185 Å². The van der Waals surface area contributed by atoms with E-state index in [-0.39, 0.29) is 44.4 Å². The van der Waals surface area contributed by atoms with Crippen LogP contribution in [0.5, 0.6) is 0 Å². The van der Waals surface area contributed by atoms with Crippen molar-refractivity contribution < 1.29 is 22.0 Å². The summed E-state index contributed by atoms with van der Waals surface area (Å²) in [6.45, 7) is -0.193. The van der Waals surface area contributed by atoms with Crippen molar-refractivity contribution in [1.82, 2.24) is 20.1 Å². The summed E-state index contributed by atoms with van der Waals surface area (Å²) < 4.78 is 63.6. The summed E-state index contributed by atoms with van der Waals surface area (Å²) in [4.78, 5) is 7.61. The number of hydrogen-bond acceptors (Lipinski definition) is 7. The zero-order chi connectivity index (χ0) is 23.2. The predicted octanol–water partition coefficient (Wildman–Crippen LogP) is 3.31. The van der Waals surface area contributed by atoms with Crippen molar-refractivity contribution >= 4 is 16.6 Å². The standard InChI is InChI=1S/C22H18F4N6O/c1-31-10-20(23,11-31)18-30-29-17(33-18)19-8-21(19,22(24,25)26)12-32(9-19)15-5-4-13(7-27)16-14(15)3-2-6-28-16/h2-6H,8-12H2,1H3/t19-,21-/m0/s1. The van der Waals surface area contributed by atoms with Crippen LogP contribution in [0.25, 0.3) is 10.9 Å². The Morgan fingerprint density at radius 2 is 1.85 bits per heavy atom. The lowest BCUT2D eigenvalue weighted by Crippen LogP contribution is -2.54. The van der Waals surface area contributed by atoms with E-state index in [0.717, 1.165) is 0 Å². The van der Waals surface area contributed by atoms with Crippen molar-refractivity contribution in [2.45, 2.75) is 23.7 Å². The van der Waals surface area contributed by atoms with Gasteiger partial charge in [-0.2, -0.15) is 18.4 Å². The van der Waals surface area contributed by atoms with Crippen molar-refractivity contribution in [3.63, 3.8) is 0 Å². The number of likely N-dealkylation sites (N-methyl/N-ethyl adjacent to an activating group) is 1. The lowest BCUT2D eigenvalue weighted by Gasteiger charge is -2.39. The first-order valence-corrected chi connectivity index (χ1v) is 10.4. The first kappa shape index (κ1) is 20.4. The first-order valence-electron chi connectivity index (χ1n) is 10.4. The second-order valence-corrected chi connectivity index (χ2v) is 9.39. The SMILES string of the molecule is CN1CC(F)(c2nnc([C@]34CN(c5ccc(C#N)c6ncccc56)C[C@@]3(C(F)(F)F)C4)o2)C1. The molecule has 1 aliphatic carbocycles. The second-order valence-electron chi connectivity index (χ2n) is 9.39. The fourth-order valence-corrected chi connectivity index (χ4v) is 5.64. The molecule has 0 amide bonds. The largest absolute Gasteiger partial charge is 0.421 e. The monoisotopic (exact) mass is 458 g/mol. The summed E-state index contributed by atoms with van der Waals surface area (Å²) in [6.07, 6.45) is -3.16. The number of nitrogens with zero attached hydrogens (tertiary/aromatic N) is 6. The fraction of sp³-hybridized carbons (Fsp3) is 0.455. The molecule has 1 saturated carbocycles. The van der Waals surface area contributed by atoms with E-state index in [4.69, 9.17) is 4.42 Å². The van der Waals surface area contributed by atoms with E-state index in [9.17, 15) is 22.8 Å². The number of fused-ring (bicyclic) bond motifs is 2. The maximum absolute atomic E-state index is 14.9. The van der Waals surface area contributed by atoms with Gasteiger partial charge in [-0.15, -0.1) is 10.2 Å². The molecule has 0 bridgehead atoms. The van der Waals surface area contributed by atoms with Crippen LogP contribution in [-0.4, -0.2) is 59.5 Å². The summed E-state index contributed by atoms with van der Waals surface area (Å²) in [5.74, 6) is -0.431. The van der Waals surface area contributed by atoms with Gasteiger partial charge in [0.1, 0.15) is 11.5 Å². The number of likely N-dealkylation sites (tertiary alicyclic amines) is 1. The molecule has 0 unspecified atom stereocenters. The molecular weight excluding hydrogens is 440 g/mol. The second kappa shape index (κ2) is 6.20. The van der Waals surface area contributed by atoms with E-state index in [1.807, 2.05) is 0 Å².